The van der Waals surface area contributed by atoms with Crippen LogP contribution < -0.4 is 19.6 Å². The van der Waals surface area contributed by atoms with Crippen molar-refractivity contribution in [3.05, 3.63) is 124 Å². The van der Waals surface area contributed by atoms with Crippen LogP contribution in [0.2, 0.25) is 0 Å². The molecule has 4 aromatic carbocycles. The molecule has 4 rings (SSSR count). The summed E-state index contributed by atoms with van der Waals surface area (Å²) >= 11 is 3.43. The van der Waals surface area contributed by atoms with Crippen LogP contribution in [0.3, 0.4) is 0 Å². The molecule has 1 N–H and O–H groups in total. The summed E-state index contributed by atoms with van der Waals surface area (Å²) in [5.74, 6) is 0.751. The second kappa shape index (κ2) is 13.4. The minimum Gasteiger partial charge on any atom is -0.490 e. The second-order valence-electron chi connectivity index (χ2n) is 8.13. The maximum absolute atomic E-state index is 14.0. The lowest BCUT2D eigenvalue weighted by Crippen LogP contribution is -2.18. The van der Waals surface area contributed by atoms with Crippen molar-refractivity contribution in [1.29, 1.82) is 0 Å². The Kier molecular flexibility index (Phi) is 9.48. The first-order valence-electron chi connectivity index (χ1n) is 12.0. The van der Waals surface area contributed by atoms with Crippen LogP contribution in [0.1, 0.15) is 34.0 Å². The smallest absolute Gasteiger partial charge is 0.271 e. The van der Waals surface area contributed by atoms with Gasteiger partial charge in [-0.1, -0.05) is 64.5 Å². The summed E-state index contributed by atoms with van der Waals surface area (Å²) in [5, 5.41) is 4.09. The summed E-state index contributed by atoms with van der Waals surface area (Å²) in [6, 6.07) is 26.5. The molecule has 0 aliphatic heterocycles. The molecule has 0 aliphatic carbocycles. The number of carbonyl (C=O) groups excluding carboxylic acids is 1. The number of nitrogens with zero attached hydrogens (tertiary/aromatic N) is 1. The van der Waals surface area contributed by atoms with E-state index in [4.69, 9.17) is 14.2 Å². The Morgan fingerprint density at radius 3 is 2.39 bits per heavy atom. The van der Waals surface area contributed by atoms with E-state index < -0.39 is 5.91 Å². The van der Waals surface area contributed by atoms with Crippen LogP contribution >= 0.6 is 15.9 Å². The molecule has 4 aromatic rings. The van der Waals surface area contributed by atoms with Gasteiger partial charge in [-0.2, -0.15) is 5.10 Å². The summed E-state index contributed by atoms with van der Waals surface area (Å²) in [4.78, 5) is 12.8. The highest BCUT2D eigenvalue weighted by atomic mass is 79.9. The largest absolute Gasteiger partial charge is 0.490 e. The zero-order chi connectivity index (χ0) is 26.7. The molecule has 0 atom stereocenters. The van der Waals surface area contributed by atoms with Gasteiger partial charge in [0.2, 0.25) is 0 Å². The third-order valence-corrected chi connectivity index (χ3v) is 5.92. The molecule has 0 fully saturated rings. The average Bonchev–Trinajstić information content (AvgIpc) is 2.93. The number of halogens is 2. The van der Waals surface area contributed by atoms with Gasteiger partial charge in [-0.3, -0.25) is 4.79 Å². The van der Waals surface area contributed by atoms with E-state index in [0.29, 0.717) is 47.2 Å². The highest BCUT2D eigenvalue weighted by molar-refractivity contribution is 9.10. The van der Waals surface area contributed by atoms with E-state index in [1.165, 1.54) is 12.3 Å². The molecule has 0 aliphatic rings. The number of hydrogen-bond donors (Lipinski definition) is 1. The predicted octanol–water partition coefficient (Wildman–Crippen LogP) is 6.91. The highest BCUT2D eigenvalue weighted by Crippen LogP contribution is 2.29. The Bertz CT molecular complexity index is 1410. The molecular weight excluding hydrogens is 551 g/mol. The van der Waals surface area contributed by atoms with E-state index in [1.54, 1.807) is 48.5 Å². The molecule has 0 aromatic heterocycles. The summed E-state index contributed by atoms with van der Waals surface area (Å²) in [5.41, 5.74) is 4.96. The van der Waals surface area contributed by atoms with E-state index in [9.17, 15) is 9.18 Å². The van der Waals surface area contributed by atoms with E-state index >= 15 is 0 Å². The van der Waals surface area contributed by atoms with Crippen LogP contribution in [-0.2, 0) is 13.2 Å². The molecule has 0 spiro atoms. The minimum atomic E-state index is -0.416. The molecule has 0 bridgehead atoms. The first-order valence-corrected chi connectivity index (χ1v) is 12.8. The SMILES string of the molecule is CCOc1cc(C(=O)N/N=C/c2cc(Br)ccc2OCc2ccccc2F)ccc1OCc1ccccc1. The van der Waals surface area contributed by atoms with Crippen molar-refractivity contribution >= 4 is 28.1 Å². The zero-order valence-electron chi connectivity index (χ0n) is 20.7. The van der Waals surface area contributed by atoms with Crippen LogP contribution in [-0.4, -0.2) is 18.7 Å². The van der Waals surface area contributed by atoms with Gasteiger partial charge in [0.1, 0.15) is 24.8 Å². The van der Waals surface area contributed by atoms with E-state index in [-0.39, 0.29) is 12.4 Å². The Hall–Kier alpha value is -4.17. The van der Waals surface area contributed by atoms with Crippen molar-refractivity contribution in [1.82, 2.24) is 5.43 Å². The number of benzene rings is 4. The number of nitrogens with one attached hydrogen (secondary N) is 1. The Labute approximate surface area is 229 Å². The second-order valence-corrected chi connectivity index (χ2v) is 9.05. The van der Waals surface area contributed by atoms with Crippen LogP contribution in [0.15, 0.2) is 101 Å². The quantitative estimate of drug-likeness (QED) is 0.155. The standard InChI is InChI=1S/C30H26BrFN2O4/c1-2-36-29-17-22(12-14-28(29)37-19-21-8-4-3-5-9-21)30(35)34-33-18-24-16-25(31)13-15-27(24)38-20-23-10-6-7-11-26(23)32/h3-18H,2,19-20H2,1H3,(H,34,35)/b33-18+. The van der Waals surface area contributed by atoms with Gasteiger partial charge in [-0.15, -0.1) is 0 Å². The van der Waals surface area contributed by atoms with Gasteiger partial charge in [0.25, 0.3) is 5.91 Å². The molecule has 0 heterocycles. The number of hydrazone groups is 1. The summed E-state index contributed by atoms with van der Waals surface area (Å²) < 4.78 is 32.2. The number of hydrogen-bond acceptors (Lipinski definition) is 5. The molecule has 1 amide bonds. The third-order valence-electron chi connectivity index (χ3n) is 5.43. The Morgan fingerprint density at radius 1 is 0.868 bits per heavy atom. The fourth-order valence-corrected chi connectivity index (χ4v) is 3.90. The number of ether oxygens (including phenoxy) is 3. The lowest BCUT2D eigenvalue weighted by atomic mass is 10.2. The van der Waals surface area contributed by atoms with Gasteiger partial charge in [-0.05, 0) is 55.0 Å². The molecule has 0 radical (unpaired) electrons. The molecule has 0 saturated carbocycles. The fraction of sp³-hybridized carbons (Fsp3) is 0.133. The maximum Gasteiger partial charge on any atom is 0.271 e. The lowest BCUT2D eigenvalue weighted by Gasteiger charge is -2.13. The monoisotopic (exact) mass is 576 g/mol. The Morgan fingerprint density at radius 2 is 1.61 bits per heavy atom. The summed E-state index contributed by atoms with van der Waals surface area (Å²) in [6.45, 7) is 2.72. The number of carbonyl (C=O) groups is 1. The van der Waals surface area contributed by atoms with Crippen LogP contribution in [0.5, 0.6) is 17.2 Å². The Balaban J connectivity index is 1.42. The normalized spacial score (nSPS) is 10.8. The molecule has 194 valence electrons. The minimum absolute atomic E-state index is 0.0560. The van der Waals surface area contributed by atoms with Crippen molar-refractivity contribution in [3.63, 3.8) is 0 Å². The highest BCUT2D eigenvalue weighted by Gasteiger charge is 2.12. The molecule has 0 unspecified atom stereocenters. The van der Waals surface area contributed by atoms with Crippen molar-refractivity contribution in [2.45, 2.75) is 20.1 Å². The van der Waals surface area contributed by atoms with Gasteiger partial charge >= 0.3 is 0 Å². The van der Waals surface area contributed by atoms with Crippen LogP contribution in [0.25, 0.3) is 0 Å². The first kappa shape index (κ1) is 26.9. The van der Waals surface area contributed by atoms with Gasteiger partial charge in [0.05, 0.1) is 12.8 Å². The summed E-state index contributed by atoms with van der Waals surface area (Å²) in [7, 11) is 0. The molecular formula is C30H26BrFN2O4. The first-order chi connectivity index (χ1) is 18.5. The number of amides is 1. The van der Waals surface area contributed by atoms with Gasteiger partial charge < -0.3 is 14.2 Å². The lowest BCUT2D eigenvalue weighted by molar-refractivity contribution is 0.0954. The van der Waals surface area contributed by atoms with Crippen LogP contribution in [0, 0.1) is 5.82 Å². The van der Waals surface area contributed by atoms with Crippen molar-refractivity contribution in [3.8, 4) is 17.2 Å². The topological polar surface area (TPSA) is 69.2 Å². The van der Waals surface area contributed by atoms with E-state index in [0.717, 1.165) is 10.0 Å². The van der Waals surface area contributed by atoms with Crippen LogP contribution in [0.4, 0.5) is 4.39 Å². The number of rotatable bonds is 11. The summed E-state index contributed by atoms with van der Waals surface area (Å²) in [6.07, 6.45) is 1.47. The predicted molar refractivity (Wildman–Crippen MR) is 148 cm³/mol. The fourth-order valence-electron chi connectivity index (χ4n) is 3.52. The van der Waals surface area contributed by atoms with Gasteiger partial charge in [0.15, 0.2) is 11.5 Å². The van der Waals surface area contributed by atoms with Crippen molar-refractivity contribution < 1.29 is 23.4 Å². The van der Waals surface area contributed by atoms with E-state index in [1.807, 2.05) is 43.3 Å². The van der Waals surface area contributed by atoms with Crippen molar-refractivity contribution in [2.24, 2.45) is 5.10 Å². The molecule has 38 heavy (non-hydrogen) atoms. The molecule has 0 saturated heterocycles. The van der Waals surface area contributed by atoms with Gasteiger partial charge in [-0.25, -0.2) is 9.82 Å². The maximum atomic E-state index is 14.0. The average molecular weight is 577 g/mol. The van der Waals surface area contributed by atoms with Gasteiger partial charge in [0, 0.05) is 21.2 Å². The molecule has 8 heteroatoms. The van der Waals surface area contributed by atoms with E-state index in [2.05, 4.69) is 26.5 Å². The third kappa shape index (κ3) is 7.43. The van der Waals surface area contributed by atoms with Crippen molar-refractivity contribution in [2.75, 3.05) is 6.61 Å². The molecule has 6 nitrogen and oxygen atoms in total. The zero-order valence-corrected chi connectivity index (χ0v) is 22.3.